The van der Waals surface area contributed by atoms with Gasteiger partial charge in [0.2, 0.25) is 0 Å². The van der Waals surface area contributed by atoms with E-state index in [2.05, 4.69) is 54.4 Å². The average Bonchev–Trinajstić information content (AvgIpc) is 2.12. The first kappa shape index (κ1) is 12.9. The predicted octanol–water partition coefficient (Wildman–Crippen LogP) is 4.32. The molecule has 0 N–H and O–H groups in total. The Hall–Kier alpha value is -0.130. The Morgan fingerprint density at radius 3 is 2.33 bits per heavy atom. The van der Waals surface area contributed by atoms with Crippen LogP contribution in [0.2, 0.25) is 0 Å². The quantitative estimate of drug-likeness (QED) is 0.560. The number of carbonyl (C=O) groups excluding carboxylic acids is 1. The molecule has 0 unspecified atom stereocenters. The van der Waals surface area contributed by atoms with Crippen molar-refractivity contribution >= 4 is 53.8 Å². The summed E-state index contributed by atoms with van der Waals surface area (Å²) >= 11 is 9.93. The van der Waals surface area contributed by atoms with Gasteiger partial charge in [-0.3, -0.25) is 0 Å². The van der Waals surface area contributed by atoms with Gasteiger partial charge in [-0.2, -0.15) is 0 Å². The van der Waals surface area contributed by atoms with E-state index in [-0.39, 0.29) is 12.6 Å². The summed E-state index contributed by atoms with van der Waals surface area (Å²) in [6.07, 6.45) is 1.53. The lowest BCUT2D eigenvalue weighted by Crippen LogP contribution is -2.06. The third-order valence-electron chi connectivity index (χ3n) is 1.54. The van der Waals surface area contributed by atoms with E-state index in [1.165, 1.54) is 6.08 Å². The highest BCUT2D eigenvalue weighted by Gasteiger charge is 2.15. The summed E-state index contributed by atoms with van der Waals surface area (Å²) in [5.41, 5.74) is 0.472. The van der Waals surface area contributed by atoms with E-state index >= 15 is 0 Å². The highest BCUT2D eigenvalue weighted by atomic mass is 79.9. The molecular weight excluding hydrogens is 392 g/mol. The van der Waals surface area contributed by atoms with Crippen LogP contribution in [-0.2, 0) is 4.74 Å². The van der Waals surface area contributed by atoms with Gasteiger partial charge in [0.05, 0.1) is 5.56 Å². The number of halogens is 3. The molecule has 1 aromatic carbocycles. The number of hydrogen-bond acceptors (Lipinski definition) is 2. The van der Waals surface area contributed by atoms with Crippen LogP contribution in [-0.4, -0.2) is 12.6 Å². The van der Waals surface area contributed by atoms with Gasteiger partial charge in [0.1, 0.15) is 6.61 Å². The first-order valence-electron chi connectivity index (χ1n) is 3.99. The fourth-order valence-electron chi connectivity index (χ4n) is 0.944. The fraction of sp³-hybridized carbons (Fsp3) is 0.100. The monoisotopic (exact) mass is 396 g/mol. The minimum atomic E-state index is -0.388. The van der Waals surface area contributed by atoms with Gasteiger partial charge in [0, 0.05) is 13.4 Å². The Morgan fingerprint density at radius 1 is 1.33 bits per heavy atom. The number of rotatable bonds is 3. The van der Waals surface area contributed by atoms with Gasteiger partial charge in [-0.1, -0.05) is 28.6 Å². The molecular formula is C10H7Br3O2. The summed E-state index contributed by atoms with van der Waals surface area (Å²) in [6.45, 7) is 3.68. The molecule has 1 aromatic rings. The van der Waals surface area contributed by atoms with Gasteiger partial charge in [0.25, 0.3) is 0 Å². The third-order valence-corrected chi connectivity index (χ3v) is 3.25. The Labute approximate surface area is 113 Å². The van der Waals surface area contributed by atoms with Crippen LogP contribution in [0.3, 0.4) is 0 Å². The normalized spacial score (nSPS) is 9.80. The topological polar surface area (TPSA) is 26.3 Å². The van der Waals surface area contributed by atoms with Gasteiger partial charge in [-0.15, -0.1) is 0 Å². The fourth-order valence-corrected chi connectivity index (χ4v) is 3.53. The smallest absolute Gasteiger partial charge is 0.340 e. The zero-order valence-corrected chi connectivity index (χ0v) is 12.4. The molecule has 1 rings (SSSR count). The van der Waals surface area contributed by atoms with Crippen molar-refractivity contribution in [3.05, 3.63) is 43.8 Å². The molecule has 0 saturated heterocycles. The largest absolute Gasteiger partial charge is 0.458 e. The lowest BCUT2D eigenvalue weighted by atomic mass is 10.2. The van der Waals surface area contributed by atoms with E-state index in [1.807, 2.05) is 0 Å². The van der Waals surface area contributed by atoms with Crippen molar-refractivity contribution in [2.45, 2.75) is 0 Å². The van der Waals surface area contributed by atoms with Crippen molar-refractivity contribution in [3.63, 3.8) is 0 Å². The Morgan fingerprint density at radius 2 is 1.87 bits per heavy atom. The van der Waals surface area contributed by atoms with E-state index in [0.29, 0.717) is 14.5 Å². The Kier molecular flexibility index (Phi) is 5.02. The Balaban J connectivity index is 3.03. The van der Waals surface area contributed by atoms with Crippen LogP contribution in [0.4, 0.5) is 0 Å². The van der Waals surface area contributed by atoms with Crippen LogP contribution in [0.5, 0.6) is 0 Å². The SMILES string of the molecule is C=CCOC(=O)c1c(Br)cc(Br)cc1Br. The molecule has 0 amide bonds. The van der Waals surface area contributed by atoms with Gasteiger partial charge in [-0.05, 0) is 44.0 Å². The zero-order chi connectivity index (χ0) is 11.4. The number of esters is 1. The van der Waals surface area contributed by atoms with Crippen LogP contribution < -0.4 is 0 Å². The molecule has 0 heterocycles. The Bertz CT molecular complexity index is 379. The first-order chi connectivity index (χ1) is 7.06. The maximum atomic E-state index is 11.6. The number of hydrogen-bond donors (Lipinski definition) is 0. The predicted molar refractivity (Wildman–Crippen MR) is 70.0 cm³/mol. The van der Waals surface area contributed by atoms with Gasteiger partial charge >= 0.3 is 5.97 Å². The lowest BCUT2D eigenvalue weighted by molar-refractivity contribution is 0.0547. The molecule has 0 spiro atoms. The van der Waals surface area contributed by atoms with Crippen LogP contribution in [0.15, 0.2) is 38.2 Å². The summed E-state index contributed by atoms with van der Waals surface area (Å²) in [7, 11) is 0. The van der Waals surface area contributed by atoms with Crippen LogP contribution in [0.25, 0.3) is 0 Å². The van der Waals surface area contributed by atoms with Gasteiger partial charge < -0.3 is 4.74 Å². The summed E-state index contributed by atoms with van der Waals surface area (Å²) in [5.74, 6) is -0.388. The number of benzene rings is 1. The van der Waals surface area contributed by atoms with Crippen molar-refractivity contribution in [3.8, 4) is 0 Å². The van der Waals surface area contributed by atoms with Crippen LogP contribution in [0.1, 0.15) is 10.4 Å². The summed E-state index contributed by atoms with van der Waals surface area (Å²) in [5, 5.41) is 0. The molecule has 0 atom stereocenters. The van der Waals surface area contributed by atoms with E-state index < -0.39 is 0 Å². The standard InChI is InChI=1S/C10H7Br3O2/c1-2-3-15-10(14)9-7(12)4-6(11)5-8(9)13/h2,4-5H,1,3H2. The number of ether oxygens (including phenoxy) is 1. The van der Waals surface area contributed by atoms with Gasteiger partial charge in [-0.25, -0.2) is 4.79 Å². The molecule has 0 fully saturated rings. The molecule has 0 aliphatic carbocycles. The maximum absolute atomic E-state index is 11.6. The average molecular weight is 399 g/mol. The second-order valence-electron chi connectivity index (χ2n) is 2.63. The van der Waals surface area contributed by atoms with Crippen LogP contribution in [0, 0.1) is 0 Å². The minimum absolute atomic E-state index is 0.202. The van der Waals surface area contributed by atoms with Gasteiger partial charge in [0.15, 0.2) is 0 Å². The molecule has 80 valence electrons. The molecule has 0 aliphatic heterocycles. The maximum Gasteiger partial charge on any atom is 0.340 e. The second-order valence-corrected chi connectivity index (χ2v) is 5.26. The molecule has 0 aliphatic rings. The van der Waals surface area contributed by atoms with Crippen molar-refractivity contribution in [1.29, 1.82) is 0 Å². The third kappa shape index (κ3) is 3.43. The van der Waals surface area contributed by atoms with Crippen molar-refractivity contribution in [2.75, 3.05) is 6.61 Å². The van der Waals surface area contributed by atoms with E-state index in [1.54, 1.807) is 12.1 Å². The van der Waals surface area contributed by atoms with E-state index in [9.17, 15) is 4.79 Å². The summed E-state index contributed by atoms with van der Waals surface area (Å²) < 4.78 is 7.18. The first-order valence-corrected chi connectivity index (χ1v) is 6.36. The minimum Gasteiger partial charge on any atom is -0.458 e. The van der Waals surface area contributed by atoms with E-state index in [0.717, 1.165) is 4.47 Å². The molecule has 5 heteroatoms. The lowest BCUT2D eigenvalue weighted by Gasteiger charge is -2.07. The van der Waals surface area contributed by atoms with Crippen molar-refractivity contribution in [1.82, 2.24) is 0 Å². The molecule has 15 heavy (non-hydrogen) atoms. The number of carbonyl (C=O) groups is 1. The molecule has 0 radical (unpaired) electrons. The molecule has 0 aromatic heterocycles. The summed E-state index contributed by atoms with van der Waals surface area (Å²) in [4.78, 5) is 11.6. The highest BCUT2D eigenvalue weighted by Crippen LogP contribution is 2.30. The highest BCUT2D eigenvalue weighted by molar-refractivity contribution is 9.11. The molecule has 0 saturated carbocycles. The van der Waals surface area contributed by atoms with E-state index in [4.69, 9.17) is 4.74 Å². The molecule has 0 bridgehead atoms. The van der Waals surface area contributed by atoms with Crippen molar-refractivity contribution in [2.24, 2.45) is 0 Å². The zero-order valence-electron chi connectivity index (χ0n) is 7.60. The molecule has 2 nitrogen and oxygen atoms in total. The van der Waals surface area contributed by atoms with Crippen LogP contribution >= 0.6 is 47.8 Å². The van der Waals surface area contributed by atoms with Crippen molar-refractivity contribution < 1.29 is 9.53 Å². The summed E-state index contributed by atoms with van der Waals surface area (Å²) in [6, 6.07) is 3.57. The second kappa shape index (κ2) is 5.82.